The van der Waals surface area contributed by atoms with Gasteiger partial charge in [0, 0.05) is 37.1 Å². The largest absolute Gasteiger partial charge is 0.449 e. The van der Waals surface area contributed by atoms with Gasteiger partial charge in [0.1, 0.15) is 0 Å². The van der Waals surface area contributed by atoms with Crippen LogP contribution < -0.4 is 14.4 Å². The summed E-state index contributed by atoms with van der Waals surface area (Å²) in [7, 11) is 0. The summed E-state index contributed by atoms with van der Waals surface area (Å²) >= 11 is 1.83. The van der Waals surface area contributed by atoms with Crippen molar-refractivity contribution in [1.82, 2.24) is 0 Å². The summed E-state index contributed by atoms with van der Waals surface area (Å²) in [6.45, 7) is 0. The monoisotopic (exact) mass is 771 g/mol. The molecule has 2 aliphatic carbocycles. The lowest BCUT2D eigenvalue weighted by Gasteiger charge is -2.32. The second-order valence-corrected chi connectivity index (χ2v) is 16.6. The number of benzene rings is 9. The van der Waals surface area contributed by atoms with E-state index in [1.54, 1.807) is 0 Å². The first-order chi connectivity index (χ1) is 29.3. The van der Waals surface area contributed by atoms with Crippen LogP contribution in [0.25, 0.3) is 53.6 Å². The predicted molar refractivity (Wildman–Crippen MR) is 242 cm³/mol. The van der Waals surface area contributed by atoms with E-state index in [1.165, 1.54) is 64.7 Å². The van der Waals surface area contributed by atoms with Gasteiger partial charge >= 0.3 is 0 Å². The molecule has 0 saturated heterocycles. The van der Waals surface area contributed by atoms with Crippen molar-refractivity contribution in [2.24, 2.45) is 0 Å². The summed E-state index contributed by atoms with van der Waals surface area (Å²) in [5.74, 6) is 2.82. The van der Waals surface area contributed by atoms with Gasteiger partial charge in [0.15, 0.2) is 23.0 Å². The van der Waals surface area contributed by atoms with E-state index in [4.69, 9.17) is 9.47 Å². The van der Waals surface area contributed by atoms with Gasteiger partial charge < -0.3 is 14.4 Å². The van der Waals surface area contributed by atoms with Crippen LogP contribution in [0.4, 0.5) is 17.1 Å². The first-order valence-electron chi connectivity index (χ1n) is 20.1. The third kappa shape index (κ3) is 4.52. The van der Waals surface area contributed by atoms with Crippen molar-refractivity contribution in [2.75, 3.05) is 4.90 Å². The fourth-order valence-corrected chi connectivity index (χ4v) is 11.3. The molecule has 2 heterocycles. The van der Waals surface area contributed by atoms with Crippen LogP contribution in [0.1, 0.15) is 22.3 Å². The van der Waals surface area contributed by atoms with Crippen molar-refractivity contribution in [3.8, 4) is 56.4 Å². The van der Waals surface area contributed by atoms with Crippen LogP contribution in [0.3, 0.4) is 0 Å². The average molecular weight is 772 g/mol. The fourth-order valence-electron chi connectivity index (χ4n) is 10.1. The summed E-state index contributed by atoms with van der Waals surface area (Å²) in [4.78, 5) is 2.31. The number of thiophene rings is 1. The summed E-state index contributed by atoms with van der Waals surface area (Å²) in [6.07, 6.45) is 0. The second kappa shape index (κ2) is 12.3. The van der Waals surface area contributed by atoms with Crippen molar-refractivity contribution in [2.45, 2.75) is 5.41 Å². The Bertz CT molecular complexity index is 3300. The Morgan fingerprint density at radius 3 is 1.78 bits per heavy atom. The topological polar surface area (TPSA) is 21.7 Å². The highest BCUT2D eigenvalue weighted by Gasteiger charge is 2.53. The van der Waals surface area contributed by atoms with E-state index in [0.717, 1.165) is 33.9 Å². The number of hydrogen-bond donors (Lipinski definition) is 0. The summed E-state index contributed by atoms with van der Waals surface area (Å²) < 4.78 is 16.8. The van der Waals surface area contributed by atoms with Crippen LogP contribution in [0, 0.1) is 0 Å². The summed E-state index contributed by atoms with van der Waals surface area (Å²) in [5.41, 5.74) is 14.7. The Balaban J connectivity index is 1.01. The summed E-state index contributed by atoms with van der Waals surface area (Å²) in [5, 5.41) is 2.54. The molecule has 3 nitrogen and oxygen atoms in total. The molecule has 1 spiro atoms. The van der Waals surface area contributed by atoms with Gasteiger partial charge in [-0.2, -0.15) is 0 Å². The van der Waals surface area contributed by atoms with Gasteiger partial charge in [-0.3, -0.25) is 0 Å². The Labute approximate surface area is 345 Å². The Kier molecular flexibility index (Phi) is 6.81. The maximum Gasteiger partial charge on any atom is 0.194 e. The first kappa shape index (κ1) is 32.7. The molecule has 1 aromatic heterocycles. The van der Waals surface area contributed by atoms with Crippen molar-refractivity contribution < 1.29 is 9.47 Å². The lowest BCUT2D eigenvalue weighted by Crippen LogP contribution is -2.25. The van der Waals surface area contributed by atoms with Crippen LogP contribution in [0.2, 0.25) is 0 Å². The molecule has 13 rings (SSSR count). The molecular formula is C55H33NO2S. The molecule has 0 radical (unpaired) electrons. The summed E-state index contributed by atoms with van der Waals surface area (Å²) in [6, 6.07) is 72.1. The molecule has 1 aliphatic heterocycles. The molecule has 4 heteroatoms. The molecule has 59 heavy (non-hydrogen) atoms. The number of ether oxygens (including phenoxy) is 2. The standard InChI is InChI=1S/C55H33NO2S/c1-2-13-34(14-3-1)35-25-27-36(28-26-35)56(37-29-30-41-40-17-7-11-24-50(40)59-51(41)33-37)47-22-12-23-48-53(47)58-54-49(57-48)32-31-46-52(54)42-18-6-10-21-45(42)55(46)43-19-8-4-15-38(43)39-16-5-9-20-44(39)55/h1-33H. The first-order valence-corrected chi connectivity index (χ1v) is 20.9. The van der Waals surface area contributed by atoms with Crippen LogP contribution in [-0.2, 0) is 5.41 Å². The van der Waals surface area contributed by atoms with Gasteiger partial charge in [-0.05, 0) is 98.6 Å². The minimum atomic E-state index is -0.483. The van der Waals surface area contributed by atoms with Gasteiger partial charge in [0.25, 0.3) is 0 Å². The zero-order valence-electron chi connectivity index (χ0n) is 31.7. The Morgan fingerprint density at radius 2 is 1.00 bits per heavy atom. The van der Waals surface area contributed by atoms with Crippen LogP contribution in [0.15, 0.2) is 200 Å². The highest BCUT2D eigenvalue weighted by atomic mass is 32.1. The zero-order valence-corrected chi connectivity index (χ0v) is 32.5. The van der Waals surface area contributed by atoms with Gasteiger partial charge in [-0.15, -0.1) is 11.3 Å². The molecule has 0 fully saturated rings. The van der Waals surface area contributed by atoms with E-state index >= 15 is 0 Å². The van der Waals surface area contributed by atoms with Crippen molar-refractivity contribution in [3.63, 3.8) is 0 Å². The number of nitrogens with zero attached hydrogens (tertiary/aromatic N) is 1. The number of fused-ring (bicyclic) bond motifs is 16. The van der Waals surface area contributed by atoms with Crippen LogP contribution in [0.5, 0.6) is 23.0 Å². The molecule has 276 valence electrons. The van der Waals surface area contributed by atoms with E-state index in [1.807, 2.05) is 17.4 Å². The highest BCUT2D eigenvalue weighted by Crippen LogP contribution is 2.67. The Hall–Kier alpha value is -7.40. The van der Waals surface area contributed by atoms with Crippen molar-refractivity contribution in [1.29, 1.82) is 0 Å². The van der Waals surface area contributed by atoms with Gasteiger partial charge in [0.2, 0.25) is 0 Å². The lowest BCUT2D eigenvalue weighted by atomic mass is 9.70. The molecule has 9 aromatic carbocycles. The smallest absolute Gasteiger partial charge is 0.194 e. The molecular weight excluding hydrogens is 739 g/mol. The van der Waals surface area contributed by atoms with Gasteiger partial charge in [0.05, 0.1) is 11.1 Å². The molecule has 10 aromatic rings. The van der Waals surface area contributed by atoms with E-state index in [0.29, 0.717) is 17.2 Å². The molecule has 0 N–H and O–H groups in total. The number of rotatable bonds is 4. The number of hydrogen-bond acceptors (Lipinski definition) is 4. The predicted octanol–water partition coefficient (Wildman–Crippen LogP) is 15.4. The third-order valence-corrected chi connectivity index (χ3v) is 13.7. The highest BCUT2D eigenvalue weighted by molar-refractivity contribution is 7.25. The second-order valence-electron chi connectivity index (χ2n) is 15.5. The van der Waals surface area contributed by atoms with Crippen LogP contribution >= 0.6 is 11.3 Å². The SMILES string of the molecule is c1ccc(-c2ccc(N(c3ccc4c(c3)sc3ccccc34)c3cccc4c3Oc3c(ccc5c3-c3ccccc3C53c5ccccc5-c5ccccc53)O4)cc2)cc1. The zero-order chi connectivity index (χ0) is 38.7. The molecule has 0 unspecified atom stereocenters. The quantitative estimate of drug-likeness (QED) is 0.178. The molecule has 0 bridgehead atoms. The van der Waals surface area contributed by atoms with E-state index in [9.17, 15) is 0 Å². The molecule has 0 atom stereocenters. The maximum absolute atomic E-state index is 7.38. The van der Waals surface area contributed by atoms with Crippen molar-refractivity contribution >= 4 is 48.6 Å². The van der Waals surface area contributed by atoms with Gasteiger partial charge in [-0.25, -0.2) is 0 Å². The number of anilines is 3. The normalized spacial score (nSPS) is 13.5. The minimum absolute atomic E-state index is 0.483. The fraction of sp³-hybridized carbons (Fsp3) is 0.0182. The Morgan fingerprint density at radius 1 is 0.390 bits per heavy atom. The van der Waals surface area contributed by atoms with E-state index < -0.39 is 5.41 Å². The molecule has 0 saturated carbocycles. The minimum Gasteiger partial charge on any atom is -0.449 e. The maximum atomic E-state index is 7.38. The van der Waals surface area contributed by atoms with E-state index in [-0.39, 0.29) is 0 Å². The molecule has 3 aliphatic rings. The molecule has 0 amide bonds. The van der Waals surface area contributed by atoms with Crippen molar-refractivity contribution in [3.05, 3.63) is 222 Å². The van der Waals surface area contributed by atoms with E-state index in [2.05, 4.69) is 199 Å². The van der Waals surface area contributed by atoms with Crippen LogP contribution in [-0.4, -0.2) is 0 Å². The lowest BCUT2D eigenvalue weighted by molar-refractivity contribution is 0.361. The third-order valence-electron chi connectivity index (χ3n) is 12.6. The van der Waals surface area contributed by atoms with Gasteiger partial charge in [-0.1, -0.05) is 152 Å². The average Bonchev–Trinajstić information content (AvgIpc) is 3.93. The number of para-hydroxylation sites is 1.